The minimum absolute atomic E-state index is 0.0794. The molecule has 0 saturated heterocycles. The van der Waals surface area contributed by atoms with E-state index >= 15 is 0 Å². The fourth-order valence-electron chi connectivity index (χ4n) is 3.13. The average Bonchev–Trinajstić information content (AvgIpc) is 3.04. The summed E-state index contributed by atoms with van der Waals surface area (Å²) in [5.41, 5.74) is 8.40. The number of hydrogen-bond donors (Lipinski definition) is 2. The van der Waals surface area contributed by atoms with E-state index in [4.69, 9.17) is 10.5 Å². The molecule has 126 valence electrons. The summed E-state index contributed by atoms with van der Waals surface area (Å²) in [5, 5.41) is 3.01. The molecule has 4 heteroatoms. The molecule has 0 radical (unpaired) electrons. The summed E-state index contributed by atoms with van der Waals surface area (Å²) in [7, 11) is 0. The highest BCUT2D eigenvalue weighted by Gasteiger charge is 2.37. The third-order valence-electron chi connectivity index (χ3n) is 4.78. The standard InChI is InChI=1S/C20H24N2O2/c1-15-16(14-24-17-9-3-2-4-10-17)8-7-11-18(15)22-19(23)20(21)12-5-6-13-20/h2-4,7-11H,5-6,12-14,21H2,1H3,(H,22,23). The number of nitrogens with one attached hydrogen (secondary N) is 1. The van der Waals surface area contributed by atoms with Gasteiger partial charge in [0.2, 0.25) is 5.91 Å². The van der Waals surface area contributed by atoms with E-state index in [9.17, 15) is 4.79 Å². The van der Waals surface area contributed by atoms with Crippen molar-refractivity contribution in [3.63, 3.8) is 0 Å². The molecular weight excluding hydrogens is 300 g/mol. The van der Waals surface area contributed by atoms with Crippen molar-refractivity contribution in [3.05, 3.63) is 59.7 Å². The van der Waals surface area contributed by atoms with Gasteiger partial charge in [0.1, 0.15) is 12.4 Å². The monoisotopic (exact) mass is 324 g/mol. The highest BCUT2D eigenvalue weighted by Crippen LogP contribution is 2.29. The Bertz CT molecular complexity index is 707. The zero-order valence-corrected chi connectivity index (χ0v) is 14.0. The zero-order chi connectivity index (χ0) is 17.0. The maximum atomic E-state index is 12.5. The van der Waals surface area contributed by atoms with E-state index < -0.39 is 5.54 Å². The average molecular weight is 324 g/mol. The molecule has 1 fully saturated rings. The lowest BCUT2D eigenvalue weighted by atomic mass is 9.97. The van der Waals surface area contributed by atoms with Crippen molar-refractivity contribution < 1.29 is 9.53 Å². The number of anilines is 1. The van der Waals surface area contributed by atoms with Gasteiger partial charge in [-0.15, -0.1) is 0 Å². The summed E-state index contributed by atoms with van der Waals surface area (Å²) in [6.45, 7) is 2.46. The van der Waals surface area contributed by atoms with Gasteiger partial charge >= 0.3 is 0 Å². The topological polar surface area (TPSA) is 64.3 Å². The third kappa shape index (κ3) is 3.60. The van der Waals surface area contributed by atoms with Crippen LogP contribution in [-0.2, 0) is 11.4 Å². The highest BCUT2D eigenvalue weighted by atomic mass is 16.5. The number of hydrogen-bond acceptors (Lipinski definition) is 3. The normalized spacial score (nSPS) is 15.9. The van der Waals surface area contributed by atoms with E-state index in [1.807, 2.05) is 55.5 Å². The van der Waals surface area contributed by atoms with E-state index in [1.165, 1.54) is 0 Å². The Hall–Kier alpha value is -2.33. The van der Waals surface area contributed by atoms with Crippen molar-refractivity contribution in [1.29, 1.82) is 0 Å². The summed E-state index contributed by atoms with van der Waals surface area (Å²) < 4.78 is 5.82. The molecule has 0 bridgehead atoms. The molecule has 3 rings (SSSR count). The molecule has 1 saturated carbocycles. The Morgan fingerprint density at radius 1 is 1.12 bits per heavy atom. The van der Waals surface area contributed by atoms with Gasteiger partial charge < -0.3 is 15.8 Å². The number of para-hydroxylation sites is 1. The van der Waals surface area contributed by atoms with E-state index in [0.29, 0.717) is 6.61 Å². The summed E-state index contributed by atoms with van der Waals surface area (Å²) in [4.78, 5) is 12.5. The quantitative estimate of drug-likeness (QED) is 0.879. The van der Waals surface area contributed by atoms with Crippen molar-refractivity contribution in [3.8, 4) is 5.75 Å². The number of carbonyl (C=O) groups excluding carboxylic acids is 1. The SMILES string of the molecule is Cc1c(COc2ccccc2)cccc1NC(=O)C1(N)CCCC1. The summed E-state index contributed by atoms with van der Waals surface area (Å²) in [5.74, 6) is 0.752. The number of carbonyl (C=O) groups is 1. The number of ether oxygens (including phenoxy) is 1. The summed E-state index contributed by atoms with van der Waals surface area (Å²) in [6, 6.07) is 15.6. The second kappa shape index (κ2) is 7.05. The van der Waals surface area contributed by atoms with Gasteiger partial charge in [0.15, 0.2) is 0 Å². The van der Waals surface area contributed by atoms with Crippen LogP contribution in [0.4, 0.5) is 5.69 Å². The van der Waals surface area contributed by atoms with Crippen LogP contribution in [0.3, 0.4) is 0 Å². The van der Waals surface area contributed by atoms with Gasteiger partial charge in [0.05, 0.1) is 5.54 Å². The molecule has 0 aliphatic heterocycles. The van der Waals surface area contributed by atoms with Gasteiger partial charge in [-0.05, 0) is 49.1 Å². The number of nitrogens with two attached hydrogens (primary N) is 1. The molecule has 0 aromatic heterocycles. The molecule has 0 heterocycles. The van der Waals surface area contributed by atoms with E-state index in [0.717, 1.165) is 48.2 Å². The Balaban J connectivity index is 1.70. The molecule has 1 aliphatic rings. The van der Waals surface area contributed by atoms with Crippen molar-refractivity contribution in [2.45, 2.75) is 44.8 Å². The van der Waals surface area contributed by atoms with E-state index in [2.05, 4.69) is 5.32 Å². The smallest absolute Gasteiger partial charge is 0.244 e. The van der Waals surface area contributed by atoms with E-state index in [-0.39, 0.29) is 5.91 Å². The van der Waals surface area contributed by atoms with Gasteiger partial charge in [0.25, 0.3) is 0 Å². The Morgan fingerprint density at radius 2 is 1.83 bits per heavy atom. The molecule has 0 atom stereocenters. The molecule has 2 aromatic rings. The van der Waals surface area contributed by atoms with Gasteiger partial charge in [0, 0.05) is 5.69 Å². The van der Waals surface area contributed by atoms with E-state index in [1.54, 1.807) is 0 Å². The predicted molar refractivity (Wildman–Crippen MR) is 96.0 cm³/mol. The Labute approximate surface area is 143 Å². The first-order valence-electron chi connectivity index (χ1n) is 8.45. The first-order chi connectivity index (χ1) is 11.6. The van der Waals surface area contributed by atoms with Crippen molar-refractivity contribution in [2.75, 3.05) is 5.32 Å². The fraction of sp³-hybridized carbons (Fsp3) is 0.350. The molecule has 3 N–H and O–H groups in total. The fourth-order valence-corrected chi connectivity index (χ4v) is 3.13. The highest BCUT2D eigenvalue weighted by molar-refractivity contribution is 5.98. The van der Waals surface area contributed by atoms with Gasteiger partial charge in [-0.25, -0.2) is 0 Å². The van der Waals surface area contributed by atoms with Gasteiger partial charge in [-0.1, -0.05) is 43.2 Å². The van der Waals surface area contributed by atoms with Crippen molar-refractivity contribution in [1.82, 2.24) is 0 Å². The lowest BCUT2D eigenvalue weighted by Crippen LogP contribution is -2.48. The lowest BCUT2D eigenvalue weighted by Gasteiger charge is -2.23. The van der Waals surface area contributed by atoms with Crippen LogP contribution >= 0.6 is 0 Å². The second-order valence-electron chi connectivity index (χ2n) is 6.51. The minimum atomic E-state index is -0.719. The van der Waals surface area contributed by atoms with Crippen LogP contribution in [0.25, 0.3) is 0 Å². The van der Waals surface area contributed by atoms with Gasteiger partial charge in [-0.3, -0.25) is 4.79 Å². The first kappa shape index (κ1) is 16.5. The van der Waals surface area contributed by atoms with Crippen LogP contribution in [0.2, 0.25) is 0 Å². The van der Waals surface area contributed by atoms with Crippen LogP contribution < -0.4 is 15.8 Å². The van der Waals surface area contributed by atoms with Crippen molar-refractivity contribution in [2.24, 2.45) is 5.73 Å². The number of benzene rings is 2. The Morgan fingerprint density at radius 3 is 2.54 bits per heavy atom. The maximum absolute atomic E-state index is 12.5. The molecule has 1 aliphatic carbocycles. The number of rotatable bonds is 5. The number of amides is 1. The van der Waals surface area contributed by atoms with Gasteiger partial charge in [-0.2, -0.15) is 0 Å². The largest absolute Gasteiger partial charge is 0.489 e. The second-order valence-corrected chi connectivity index (χ2v) is 6.51. The van der Waals surface area contributed by atoms with Crippen LogP contribution in [0.5, 0.6) is 5.75 Å². The molecule has 4 nitrogen and oxygen atoms in total. The van der Waals surface area contributed by atoms with Crippen LogP contribution in [0.1, 0.15) is 36.8 Å². The molecule has 1 amide bonds. The molecule has 2 aromatic carbocycles. The lowest BCUT2D eigenvalue weighted by molar-refractivity contribution is -0.121. The van der Waals surface area contributed by atoms with Crippen LogP contribution in [-0.4, -0.2) is 11.4 Å². The zero-order valence-electron chi connectivity index (χ0n) is 14.0. The molecular formula is C20H24N2O2. The molecule has 0 unspecified atom stereocenters. The first-order valence-corrected chi connectivity index (χ1v) is 8.45. The summed E-state index contributed by atoms with van der Waals surface area (Å²) in [6.07, 6.45) is 3.56. The third-order valence-corrected chi connectivity index (χ3v) is 4.78. The minimum Gasteiger partial charge on any atom is -0.489 e. The molecule has 0 spiro atoms. The van der Waals surface area contributed by atoms with Crippen molar-refractivity contribution >= 4 is 11.6 Å². The van der Waals surface area contributed by atoms with Crippen LogP contribution in [0, 0.1) is 6.92 Å². The molecule has 24 heavy (non-hydrogen) atoms. The maximum Gasteiger partial charge on any atom is 0.244 e. The summed E-state index contributed by atoms with van der Waals surface area (Å²) >= 11 is 0. The Kier molecular flexibility index (Phi) is 4.86. The van der Waals surface area contributed by atoms with Crippen LogP contribution in [0.15, 0.2) is 48.5 Å². The predicted octanol–water partition coefficient (Wildman–Crippen LogP) is 3.78.